The van der Waals surface area contributed by atoms with Gasteiger partial charge < -0.3 is 10.1 Å². The number of hydrogen-bond donors (Lipinski definition) is 1. The molecule has 0 atom stereocenters. The van der Waals surface area contributed by atoms with E-state index in [1.54, 1.807) is 12.1 Å². The number of hydrogen-bond acceptors (Lipinski definition) is 4. The van der Waals surface area contributed by atoms with Crippen LogP contribution < -0.4 is 14.4 Å². The van der Waals surface area contributed by atoms with Crippen LogP contribution in [0.3, 0.4) is 0 Å². The molecule has 0 radical (unpaired) electrons. The van der Waals surface area contributed by atoms with Crippen LogP contribution in [-0.2, 0) is 21.0 Å². The monoisotopic (exact) mass is 512 g/mol. The summed E-state index contributed by atoms with van der Waals surface area (Å²) >= 11 is 5.87. The summed E-state index contributed by atoms with van der Waals surface area (Å²) in [6.07, 6.45) is -4.58. The maximum absolute atomic E-state index is 12.9. The molecule has 180 valence electrons. The SMILES string of the molecule is Cc1ccc(S(=O)(=O)N(C)c2ccc(OCC(=O)Nc3cc(C(F)(F)F)ccc3Cl)cc2)cc1. The van der Waals surface area contributed by atoms with E-state index < -0.39 is 34.3 Å². The number of nitrogens with zero attached hydrogens (tertiary/aromatic N) is 1. The van der Waals surface area contributed by atoms with E-state index in [4.69, 9.17) is 16.3 Å². The van der Waals surface area contributed by atoms with Crippen molar-refractivity contribution in [2.45, 2.75) is 18.0 Å². The molecular formula is C23H20ClF3N2O4S. The van der Waals surface area contributed by atoms with E-state index in [0.29, 0.717) is 5.69 Å². The molecule has 0 unspecified atom stereocenters. The third kappa shape index (κ3) is 6.00. The normalized spacial score (nSPS) is 11.7. The number of carbonyl (C=O) groups is 1. The Hall–Kier alpha value is -3.24. The molecule has 0 bridgehead atoms. The Kier molecular flexibility index (Phi) is 7.42. The lowest BCUT2D eigenvalue weighted by Gasteiger charge is -2.20. The van der Waals surface area contributed by atoms with Crippen molar-refractivity contribution in [3.63, 3.8) is 0 Å². The highest BCUT2D eigenvalue weighted by molar-refractivity contribution is 7.92. The van der Waals surface area contributed by atoms with E-state index in [1.165, 1.54) is 43.4 Å². The van der Waals surface area contributed by atoms with E-state index in [9.17, 15) is 26.4 Å². The van der Waals surface area contributed by atoms with Crippen molar-refractivity contribution in [3.8, 4) is 5.75 Å². The van der Waals surface area contributed by atoms with Crippen LogP contribution in [0.4, 0.5) is 24.5 Å². The number of alkyl halides is 3. The molecule has 6 nitrogen and oxygen atoms in total. The highest BCUT2D eigenvalue weighted by atomic mass is 35.5. The highest BCUT2D eigenvalue weighted by Gasteiger charge is 2.31. The predicted molar refractivity (Wildman–Crippen MR) is 124 cm³/mol. The van der Waals surface area contributed by atoms with Crippen LogP contribution in [0, 0.1) is 6.92 Å². The Morgan fingerprint density at radius 1 is 1.03 bits per heavy atom. The Balaban J connectivity index is 1.63. The number of carbonyl (C=O) groups excluding carboxylic acids is 1. The van der Waals surface area contributed by atoms with Gasteiger partial charge in [-0.25, -0.2) is 8.42 Å². The fourth-order valence-electron chi connectivity index (χ4n) is 2.89. The zero-order valence-corrected chi connectivity index (χ0v) is 19.6. The molecule has 0 saturated heterocycles. The van der Waals surface area contributed by atoms with E-state index in [0.717, 1.165) is 28.1 Å². The summed E-state index contributed by atoms with van der Waals surface area (Å²) in [7, 11) is -2.35. The van der Waals surface area contributed by atoms with Crippen LogP contribution in [0.25, 0.3) is 0 Å². The van der Waals surface area contributed by atoms with E-state index >= 15 is 0 Å². The summed E-state index contributed by atoms with van der Waals surface area (Å²) < 4.78 is 70.6. The van der Waals surface area contributed by atoms with Gasteiger partial charge in [-0.05, 0) is 61.5 Å². The fourth-order valence-corrected chi connectivity index (χ4v) is 4.25. The maximum Gasteiger partial charge on any atom is 0.416 e. The summed E-state index contributed by atoms with van der Waals surface area (Å²) in [6.45, 7) is 1.36. The van der Waals surface area contributed by atoms with E-state index in [-0.39, 0.29) is 21.4 Å². The minimum Gasteiger partial charge on any atom is -0.484 e. The molecule has 0 heterocycles. The van der Waals surface area contributed by atoms with Gasteiger partial charge in [-0.2, -0.15) is 13.2 Å². The van der Waals surface area contributed by atoms with Gasteiger partial charge in [0.1, 0.15) is 5.75 Å². The van der Waals surface area contributed by atoms with Crippen molar-refractivity contribution in [1.82, 2.24) is 0 Å². The molecule has 1 N–H and O–H groups in total. The van der Waals surface area contributed by atoms with Gasteiger partial charge in [0.2, 0.25) is 0 Å². The molecule has 0 aliphatic heterocycles. The molecule has 0 aliphatic rings. The van der Waals surface area contributed by atoms with Crippen molar-refractivity contribution in [1.29, 1.82) is 0 Å². The number of ether oxygens (including phenoxy) is 1. The molecule has 3 rings (SSSR count). The van der Waals surface area contributed by atoms with Gasteiger partial charge in [-0.15, -0.1) is 0 Å². The average molecular weight is 513 g/mol. The Bertz CT molecular complexity index is 1280. The highest BCUT2D eigenvalue weighted by Crippen LogP contribution is 2.34. The first kappa shape index (κ1) is 25.4. The second-order valence-electron chi connectivity index (χ2n) is 7.31. The van der Waals surface area contributed by atoms with Crippen LogP contribution in [0.15, 0.2) is 71.6 Å². The molecule has 0 aromatic heterocycles. The Labute approximate surface area is 200 Å². The van der Waals surface area contributed by atoms with E-state index in [1.807, 2.05) is 6.92 Å². The molecule has 0 aliphatic carbocycles. The molecule has 3 aromatic rings. The lowest BCUT2D eigenvalue weighted by Crippen LogP contribution is -2.26. The third-order valence-corrected chi connectivity index (χ3v) is 6.95. The zero-order chi connectivity index (χ0) is 25.1. The Morgan fingerprint density at radius 2 is 1.65 bits per heavy atom. The van der Waals surface area contributed by atoms with Crippen molar-refractivity contribution in [2.75, 3.05) is 23.3 Å². The molecule has 11 heteroatoms. The summed E-state index contributed by atoms with van der Waals surface area (Å²) in [5.74, 6) is -0.459. The van der Waals surface area contributed by atoms with Crippen LogP contribution in [0.1, 0.15) is 11.1 Å². The smallest absolute Gasteiger partial charge is 0.416 e. The van der Waals surface area contributed by atoms with Crippen molar-refractivity contribution in [3.05, 3.63) is 82.9 Å². The van der Waals surface area contributed by atoms with Gasteiger partial charge in [0.25, 0.3) is 15.9 Å². The van der Waals surface area contributed by atoms with Crippen molar-refractivity contribution < 1.29 is 31.1 Å². The first-order valence-corrected chi connectivity index (χ1v) is 11.6. The minimum atomic E-state index is -4.58. The first-order chi connectivity index (χ1) is 15.9. The standard InChI is InChI=1S/C23H20ClF3N2O4S/c1-15-3-10-19(11-4-15)34(31,32)29(2)17-6-8-18(9-7-17)33-14-22(30)28-21-13-16(23(25,26)27)5-12-20(21)24/h3-13H,14H2,1-2H3,(H,28,30). The molecule has 0 fully saturated rings. The number of anilines is 2. The molecule has 34 heavy (non-hydrogen) atoms. The second-order valence-corrected chi connectivity index (χ2v) is 9.69. The summed E-state index contributed by atoms with van der Waals surface area (Å²) in [5, 5.41) is 2.23. The second kappa shape index (κ2) is 9.94. The van der Waals surface area contributed by atoms with Gasteiger partial charge in [0.05, 0.1) is 26.9 Å². The van der Waals surface area contributed by atoms with Gasteiger partial charge in [-0.3, -0.25) is 9.10 Å². The molecule has 0 saturated carbocycles. The summed E-state index contributed by atoms with van der Waals surface area (Å²) in [4.78, 5) is 12.3. The number of halogens is 4. The number of rotatable bonds is 7. The summed E-state index contributed by atoms with van der Waals surface area (Å²) in [6, 6.07) is 15.0. The number of benzene rings is 3. The molecule has 3 aromatic carbocycles. The van der Waals surface area contributed by atoms with E-state index in [2.05, 4.69) is 5.32 Å². The van der Waals surface area contributed by atoms with Gasteiger partial charge in [0.15, 0.2) is 6.61 Å². The topological polar surface area (TPSA) is 75.7 Å². The molecule has 1 amide bonds. The lowest BCUT2D eigenvalue weighted by molar-refractivity contribution is -0.137. The maximum atomic E-state index is 12.9. The van der Waals surface area contributed by atoms with Crippen molar-refractivity contribution in [2.24, 2.45) is 0 Å². The van der Waals surface area contributed by atoms with Crippen LogP contribution in [0.5, 0.6) is 5.75 Å². The Morgan fingerprint density at radius 3 is 2.24 bits per heavy atom. The first-order valence-electron chi connectivity index (χ1n) is 9.83. The van der Waals surface area contributed by atoms with Crippen LogP contribution in [0.2, 0.25) is 5.02 Å². The quantitative estimate of drug-likeness (QED) is 0.453. The summed E-state index contributed by atoms with van der Waals surface area (Å²) in [5.41, 5.74) is 0.160. The number of aryl methyl sites for hydroxylation is 1. The molecule has 0 spiro atoms. The number of amides is 1. The average Bonchev–Trinajstić information content (AvgIpc) is 2.78. The van der Waals surface area contributed by atoms with Crippen LogP contribution in [-0.4, -0.2) is 28.0 Å². The lowest BCUT2D eigenvalue weighted by atomic mass is 10.2. The number of nitrogens with one attached hydrogen (secondary N) is 1. The third-order valence-electron chi connectivity index (χ3n) is 4.82. The van der Waals surface area contributed by atoms with Crippen molar-refractivity contribution >= 4 is 38.9 Å². The predicted octanol–water partition coefficient (Wildman–Crippen LogP) is 5.51. The minimum absolute atomic E-state index is 0.0523. The van der Waals surface area contributed by atoms with Crippen LogP contribution >= 0.6 is 11.6 Å². The van der Waals surface area contributed by atoms with Gasteiger partial charge >= 0.3 is 6.18 Å². The number of sulfonamides is 1. The van der Waals surface area contributed by atoms with Gasteiger partial charge in [-0.1, -0.05) is 29.3 Å². The fraction of sp³-hybridized carbons (Fsp3) is 0.174. The largest absolute Gasteiger partial charge is 0.484 e. The zero-order valence-electron chi connectivity index (χ0n) is 18.1. The van der Waals surface area contributed by atoms with Gasteiger partial charge in [0, 0.05) is 7.05 Å². The molecular weight excluding hydrogens is 493 g/mol.